The minimum Gasteiger partial charge on any atom is -0.486 e. The summed E-state index contributed by atoms with van der Waals surface area (Å²) in [5, 5.41) is 12.9. The van der Waals surface area contributed by atoms with Gasteiger partial charge in [0.15, 0.2) is 11.0 Å². The van der Waals surface area contributed by atoms with E-state index in [0.717, 1.165) is 33.5 Å². The van der Waals surface area contributed by atoms with Gasteiger partial charge >= 0.3 is 6.09 Å². The SMILES string of the molecule is COC(=O)NCC#Cc1ccc(OCc2nnc(SC3CCCC3)n2-c2cccnc2)cc1C. The summed E-state index contributed by atoms with van der Waals surface area (Å²) in [6, 6.07) is 9.64. The Hall–Kier alpha value is -3.51. The van der Waals surface area contributed by atoms with Crippen molar-refractivity contribution in [2.75, 3.05) is 13.7 Å². The van der Waals surface area contributed by atoms with Gasteiger partial charge in [0.1, 0.15) is 12.4 Å². The number of nitrogens with zero attached hydrogens (tertiary/aromatic N) is 4. The van der Waals surface area contributed by atoms with E-state index in [1.165, 1.54) is 32.8 Å². The Morgan fingerprint density at radius 1 is 1.26 bits per heavy atom. The zero-order valence-corrected chi connectivity index (χ0v) is 20.1. The van der Waals surface area contributed by atoms with Crippen LogP contribution in [0, 0.1) is 18.8 Å². The lowest BCUT2D eigenvalue weighted by Crippen LogP contribution is -2.22. The number of thioether (sulfide) groups is 1. The first-order valence-corrected chi connectivity index (χ1v) is 12.1. The molecule has 0 spiro atoms. The number of aryl methyl sites for hydroxylation is 1. The fourth-order valence-corrected chi connectivity index (χ4v) is 4.98. The predicted molar refractivity (Wildman–Crippen MR) is 130 cm³/mol. The Labute approximate surface area is 203 Å². The van der Waals surface area contributed by atoms with Gasteiger partial charge in [-0.05, 0) is 55.7 Å². The summed E-state index contributed by atoms with van der Waals surface area (Å²) in [7, 11) is 1.32. The minimum absolute atomic E-state index is 0.218. The molecule has 3 aromatic rings. The number of hydrogen-bond acceptors (Lipinski definition) is 7. The topological polar surface area (TPSA) is 91.2 Å². The largest absolute Gasteiger partial charge is 0.486 e. The molecule has 0 saturated heterocycles. The third kappa shape index (κ3) is 6.08. The van der Waals surface area contributed by atoms with Crippen LogP contribution in [0.3, 0.4) is 0 Å². The van der Waals surface area contributed by atoms with Crippen molar-refractivity contribution in [1.82, 2.24) is 25.1 Å². The Balaban J connectivity index is 1.46. The highest BCUT2D eigenvalue weighted by molar-refractivity contribution is 7.99. The van der Waals surface area contributed by atoms with Crippen molar-refractivity contribution >= 4 is 17.9 Å². The van der Waals surface area contributed by atoms with Crippen molar-refractivity contribution in [1.29, 1.82) is 0 Å². The molecule has 2 aromatic heterocycles. The summed E-state index contributed by atoms with van der Waals surface area (Å²) in [5.41, 5.74) is 2.77. The maximum atomic E-state index is 11.1. The number of ether oxygens (including phenoxy) is 2. The van der Waals surface area contributed by atoms with Gasteiger partial charge in [-0.1, -0.05) is 36.4 Å². The van der Waals surface area contributed by atoms with Crippen molar-refractivity contribution in [3.8, 4) is 23.3 Å². The van der Waals surface area contributed by atoms with Gasteiger partial charge in [-0.2, -0.15) is 0 Å². The second-order valence-electron chi connectivity index (χ2n) is 7.88. The molecular formula is C25H27N5O3S. The normalized spacial score (nSPS) is 13.2. The molecule has 1 aliphatic carbocycles. The molecule has 176 valence electrons. The van der Waals surface area contributed by atoms with Crippen molar-refractivity contribution < 1.29 is 14.3 Å². The zero-order chi connectivity index (χ0) is 23.8. The highest BCUT2D eigenvalue weighted by atomic mass is 32.2. The van der Waals surface area contributed by atoms with Crippen molar-refractivity contribution in [3.63, 3.8) is 0 Å². The monoisotopic (exact) mass is 477 g/mol. The van der Waals surface area contributed by atoms with Crippen LogP contribution in [0.5, 0.6) is 5.75 Å². The molecule has 0 unspecified atom stereocenters. The number of nitrogens with one attached hydrogen (secondary N) is 1. The van der Waals surface area contributed by atoms with Crippen LogP contribution in [0.4, 0.5) is 4.79 Å². The molecule has 1 aromatic carbocycles. The summed E-state index contributed by atoms with van der Waals surface area (Å²) in [6.07, 6.45) is 8.04. The molecule has 0 radical (unpaired) electrons. The predicted octanol–water partition coefficient (Wildman–Crippen LogP) is 4.29. The molecule has 1 fully saturated rings. The van der Waals surface area contributed by atoms with Gasteiger partial charge in [0.05, 0.1) is 25.5 Å². The lowest BCUT2D eigenvalue weighted by molar-refractivity contribution is 0.172. The fraction of sp³-hybridized carbons (Fsp3) is 0.360. The van der Waals surface area contributed by atoms with Crippen molar-refractivity contribution in [3.05, 3.63) is 59.7 Å². The summed E-state index contributed by atoms with van der Waals surface area (Å²) < 4.78 is 12.6. The number of methoxy groups -OCH3 is 1. The van der Waals surface area contributed by atoms with Gasteiger partial charge in [-0.25, -0.2) is 4.79 Å². The molecule has 0 aliphatic heterocycles. The molecule has 1 N–H and O–H groups in total. The van der Waals surface area contributed by atoms with E-state index in [4.69, 9.17) is 4.74 Å². The van der Waals surface area contributed by atoms with E-state index in [1.54, 1.807) is 18.0 Å². The van der Waals surface area contributed by atoms with Gasteiger partial charge in [0.2, 0.25) is 0 Å². The maximum Gasteiger partial charge on any atom is 0.407 e. The number of hydrogen-bond donors (Lipinski definition) is 1. The van der Waals surface area contributed by atoms with E-state index < -0.39 is 6.09 Å². The minimum atomic E-state index is -0.501. The number of pyridine rings is 1. The van der Waals surface area contributed by atoms with Crippen LogP contribution in [0.2, 0.25) is 0 Å². The standard InChI is InChI=1S/C25H27N5O3S/c1-18-15-21(12-11-19(18)7-5-14-27-25(31)32-2)33-17-23-28-29-24(34-22-9-3-4-10-22)30(23)20-8-6-13-26-16-20/h6,8,11-13,15-16,22H,3-4,9-10,14,17H2,1-2H3,(H,27,31). The Kier molecular flexibility index (Phi) is 8.04. The lowest BCUT2D eigenvalue weighted by atomic mass is 10.1. The average molecular weight is 478 g/mol. The van der Waals surface area contributed by atoms with Crippen LogP contribution in [-0.2, 0) is 11.3 Å². The van der Waals surface area contributed by atoms with Crippen molar-refractivity contribution in [2.45, 2.75) is 49.6 Å². The molecule has 0 bridgehead atoms. The first kappa shape index (κ1) is 23.6. The van der Waals surface area contributed by atoms with E-state index in [0.29, 0.717) is 5.25 Å². The number of aromatic nitrogens is 4. The number of alkyl carbamates (subject to hydrolysis) is 1. The Morgan fingerprint density at radius 3 is 2.85 bits per heavy atom. The zero-order valence-electron chi connectivity index (χ0n) is 19.3. The molecular weight excluding hydrogens is 450 g/mol. The number of benzene rings is 1. The maximum absolute atomic E-state index is 11.1. The van der Waals surface area contributed by atoms with Gasteiger partial charge in [-0.3, -0.25) is 9.55 Å². The molecule has 2 heterocycles. The number of rotatable bonds is 7. The highest BCUT2D eigenvalue weighted by Crippen LogP contribution is 2.35. The molecule has 1 aliphatic rings. The molecule has 9 heteroatoms. The Bertz CT molecular complexity index is 1180. The van der Waals surface area contributed by atoms with E-state index in [9.17, 15) is 4.79 Å². The summed E-state index contributed by atoms with van der Waals surface area (Å²) in [4.78, 5) is 15.4. The van der Waals surface area contributed by atoms with Gasteiger partial charge in [0, 0.05) is 17.0 Å². The van der Waals surface area contributed by atoms with Gasteiger partial charge < -0.3 is 14.8 Å². The van der Waals surface area contributed by atoms with Crippen LogP contribution in [-0.4, -0.2) is 44.7 Å². The first-order valence-electron chi connectivity index (χ1n) is 11.2. The second kappa shape index (κ2) is 11.6. The smallest absolute Gasteiger partial charge is 0.407 e. The third-order valence-electron chi connectivity index (χ3n) is 5.47. The van der Waals surface area contributed by atoms with E-state index in [2.05, 4.69) is 37.1 Å². The van der Waals surface area contributed by atoms with Gasteiger partial charge in [-0.15, -0.1) is 10.2 Å². The molecule has 1 amide bonds. The highest BCUT2D eigenvalue weighted by Gasteiger charge is 2.22. The molecule has 8 nitrogen and oxygen atoms in total. The average Bonchev–Trinajstić information content (AvgIpc) is 3.52. The van der Waals surface area contributed by atoms with E-state index in [1.807, 2.05) is 48.0 Å². The van der Waals surface area contributed by atoms with Crippen molar-refractivity contribution in [2.24, 2.45) is 0 Å². The first-order chi connectivity index (χ1) is 16.6. The van der Waals surface area contributed by atoms with Crippen LogP contribution in [0.25, 0.3) is 5.69 Å². The van der Waals surface area contributed by atoms with Crippen LogP contribution >= 0.6 is 11.8 Å². The van der Waals surface area contributed by atoms with E-state index >= 15 is 0 Å². The Morgan fingerprint density at radius 2 is 2.12 bits per heavy atom. The third-order valence-corrected chi connectivity index (χ3v) is 6.75. The summed E-state index contributed by atoms with van der Waals surface area (Å²) in [6.45, 7) is 2.47. The van der Waals surface area contributed by atoms with Gasteiger partial charge in [0.25, 0.3) is 0 Å². The second-order valence-corrected chi connectivity index (χ2v) is 9.15. The van der Waals surface area contributed by atoms with Crippen LogP contribution in [0.1, 0.15) is 42.6 Å². The van der Waals surface area contributed by atoms with Crippen LogP contribution < -0.4 is 10.1 Å². The summed E-state index contributed by atoms with van der Waals surface area (Å²) in [5.74, 6) is 7.41. The summed E-state index contributed by atoms with van der Waals surface area (Å²) >= 11 is 1.79. The lowest BCUT2D eigenvalue weighted by Gasteiger charge is -2.13. The molecule has 1 saturated carbocycles. The fourth-order valence-electron chi connectivity index (χ4n) is 3.71. The molecule has 4 rings (SSSR count). The van der Waals surface area contributed by atoms with Crippen LogP contribution in [0.15, 0.2) is 47.9 Å². The molecule has 0 atom stereocenters. The molecule has 34 heavy (non-hydrogen) atoms. The quantitative estimate of drug-likeness (QED) is 0.508. The number of amides is 1. The number of carbonyl (C=O) groups is 1. The van der Waals surface area contributed by atoms with E-state index in [-0.39, 0.29) is 13.2 Å². The number of carbonyl (C=O) groups excluding carboxylic acids is 1.